The molecule has 2 N–H and O–H groups in total. The van der Waals surface area contributed by atoms with Crippen molar-refractivity contribution in [2.45, 2.75) is 45.7 Å². The molecule has 0 unspecified atom stereocenters. The highest BCUT2D eigenvalue weighted by atomic mass is 16.5. The van der Waals surface area contributed by atoms with E-state index in [2.05, 4.69) is 29.7 Å². The van der Waals surface area contributed by atoms with Gasteiger partial charge in [-0.2, -0.15) is 0 Å². The molecule has 0 bridgehead atoms. The first-order valence-corrected chi connectivity index (χ1v) is 7.67. The standard InChI is InChI=1S/C17H28N2O2/c1-4-17(2,3)19-16(20)14-21-12-8-11-18-13-15-9-6-5-7-10-15/h5-7,9-10,18H,4,8,11-14H2,1-3H3,(H,19,20). The molecule has 0 aliphatic heterocycles. The van der Waals surface area contributed by atoms with E-state index in [1.165, 1.54) is 5.56 Å². The molecule has 21 heavy (non-hydrogen) atoms. The van der Waals surface area contributed by atoms with Crippen LogP contribution in [0.3, 0.4) is 0 Å². The molecule has 0 radical (unpaired) electrons. The van der Waals surface area contributed by atoms with Gasteiger partial charge in [0.1, 0.15) is 6.61 Å². The second-order valence-electron chi connectivity index (χ2n) is 5.85. The van der Waals surface area contributed by atoms with Crippen LogP contribution >= 0.6 is 0 Å². The Hall–Kier alpha value is -1.39. The third-order valence-corrected chi connectivity index (χ3v) is 3.41. The first kappa shape index (κ1) is 17.7. The molecule has 1 rings (SSSR count). The lowest BCUT2D eigenvalue weighted by atomic mass is 10.0. The van der Waals surface area contributed by atoms with Crippen LogP contribution < -0.4 is 10.6 Å². The largest absolute Gasteiger partial charge is 0.372 e. The van der Waals surface area contributed by atoms with Gasteiger partial charge in [0.05, 0.1) is 0 Å². The molecule has 0 spiro atoms. The number of hydrogen-bond acceptors (Lipinski definition) is 3. The normalized spacial score (nSPS) is 11.4. The number of benzene rings is 1. The fraction of sp³-hybridized carbons (Fsp3) is 0.588. The molecule has 1 amide bonds. The van der Waals surface area contributed by atoms with E-state index in [0.29, 0.717) is 6.61 Å². The van der Waals surface area contributed by atoms with E-state index in [1.807, 2.05) is 32.0 Å². The quantitative estimate of drug-likeness (QED) is 0.651. The summed E-state index contributed by atoms with van der Waals surface area (Å²) in [6.07, 6.45) is 1.80. The first-order valence-electron chi connectivity index (χ1n) is 7.67. The van der Waals surface area contributed by atoms with Crippen molar-refractivity contribution in [2.75, 3.05) is 19.8 Å². The molecular formula is C17H28N2O2. The zero-order valence-electron chi connectivity index (χ0n) is 13.4. The third-order valence-electron chi connectivity index (χ3n) is 3.41. The highest BCUT2D eigenvalue weighted by molar-refractivity contribution is 5.77. The lowest BCUT2D eigenvalue weighted by Gasteiger charge is -2.24. The highest BCUT2D eigenvalue weighted by Crippen LogP contribution is 2.06. The van der Waals surface area contributed by atoms with Gasteiger partial charge in [-0.15, -0.1) is 0 Å². The molecule has 0 saturated carbocycles. The number of carbonyl (C=O) groups is 1. The predicted octanol–water partition coefficient (Wildman–Crippen LogP) is 2.49. The maximum absolute atomic E-state index is 11.6. The molecule has 4 nitrogen and oxygen atoms in total. The molecule has 0 atom stereocenters. The highest BCUT2D eigenvalue weighted by Gasteiger charge is 2.17. The van der Waals surface area contributed by atoms with Gasteiger partial charge in [-0.3, -0.25) is 4.79 Å². The van der Waals surface area contributed by atoms with Crippen LogP contribution in [0.5, 0.6) is 0 Å². The number of rotatable bonds is 10. The van der Waals surface area contributed by atoms with Gasteiger partial charge in [-0.05, 0) is 38.8 Å². The maximum atomic E-state index is 11.6. The Kier molecular flexibility index (Phi) is 8.01. The number of ether oxygens (including phenoxy) is 1. The van der Waals surface area contributed by atoms with Crippen LogP contribution in [-0.4, -0.2) is 31.2 Å². The van der Waals surface area contributed by atoms with Crippen LogP contribution in [0, 0.1) is 0 Å². The summed E-state index contributed by atoms with van der Waals surface area (Å²) in [7, 11) is 0. The topological polar surface area (TPSA) is 50.4 Å². The van der Waals surface area contributed by atoms with E-state index in [-0.39, 0.29) is 18.1 Å². The van der Waals surface area contributed by atoms with Crippen molar-refractivity contribution in [3.05, 3.63) is 35.9 Å². The van der Waals surface area contributed by atoms with Gasteiger partial charge in [0, 0.05) is 18.7 Å². The number of amides is 1. The molecule has 0 aliphatic rings. The zero-order valence-corrected chi connectivity index (χ0v) is 13.4. The van der Waals surface area contributed by atoms with Crippen LogP contribution in [0.1, 0.15) is 39.2 Å². The van der Waals surface area contributed by atoms with Crippen LogP contribution in [0.4, 0.5) is 0 Å². The van der Waals surface area contributed by atoms with Gasteiger partial charge < -0.3 is 15.4 Å². The minimum atomic E-state index is -0.155. The van der Waals surface area contributed by atoms with Gasteiger partial charge in [0.15, 0.2) is 0 Å². The molecule has 0 heterocycles. The van der Waals surface area contributed by atoms with Gasteiger partial charge >= 0.3 is 0 Å². The Labute approximate surface area is 128 Å². The second-order valence-corrected chi connectivity index (χ2v) is 5.85. The summed E-state index contributed by atoms with van der Waals surface area (Å²) in [6, 6.07) is 10.3. The van der Waals surface area contributed by atoms with Crippen molar-refractivity contribution >= 4 is 5.91 Å². The zero-order chi connectivity index (χ0) is 15.6. The maximum Gasteiger partial charge on any atom is 0.246 e. The first-order chi connectivity index (χ1) is 10.0. The molecule has 0 fully saturated rings. The predicted molar refractivity (Wildman–Crippen MR) is 86.1 cm³/mol. The summed E-state index contributed by atoms with van der Waals surface area (Å²) in [5.74, 6) is -0.0425. The number of nitrogens with one attached hydrogen (secondary N) is 2. The smallest absolute Gasteiger partial charge is 0.246 e. The fourth-order valence-electron chi connectivity index (χ4n) is 1.79. The number of hydrogen-bond donors (Lipinski definition) is 2. The van der Waals surface area contributed by atoms with Crippen LogP contribution in [0.25, 0.3) is 0 Å². The summed E-state index contributed by atoms with van der Waals surface area (Å²) in [5, 5.41) is 6.31. The van der Waals surface area contributed by atoms with Crippen molar-refractivity contribution in [3.8, 4) is 0 Å². The van der Waals surface area contributed by atoms with Gasteiger partial charge in [-0.25, -0.2) is 0 Å². The van der Waals surface area contributed by atoms with Crippen molar-refractivity contribution in [1.82, 2.24) is 10.6 Å². The summed E-state index contributed by atoms with van der Waals surface area (Å²) < 4.78 is 5.39. The number of carbonyl (C=O) groups excluding carboxylic acids is 1. The Bertz CT molecular complexity index is 405. The van der Waals surface area contributed by atoms with E-state index < -0.39 is 0 Å². The third kappa shape index (κ3) is 8.48. The minimum absolute atomic E-state index is 0.0425. The molecule has 4 heteroatoms. The molecule has 0 saturated heterocycles. The Balaban J connectivity index is 1.98. The molecule has 118 valence electrons. The van der Waals surface area contributed by atoms with Gasteiger partial charge in [0.25, 0.3) is 0 Å². The summed E-state index contributed by atoms with van der Waals surface area (Å²) in [6.45, 7) is 8.57. The van der Waals surface area contributed by atoms with Crippen molar-refractivity contribution in [2.24, 2.45) is 0 Å². The minimum Gasteiger partial charge on any atom is -0.372 e. The monoisotopic (exact) mass is 292 g/mol. The molecular weight excluding hydrogens is 264 g/mol. The van der Waals surface area contributed by atoms with Crippen LogP contribution in [0.2, 0.25) is 0 Å². The van der Waals surface area contributed by atoms with Gasteiger partial charge in [-0.1, -0.05) is 37.3 Å². The average Bonchev–Trinajstić information content (AvgIpc) is 2.47. The summed E-state index contributed by atoms with van der Waals surface area (Å²) in [5.41, 5.74) is 1.12. The van der Waals surface area contributed by atoms with Crippen LogP contribution in [-0.2, 0) is 16.1 Å². The fourth-order valence-corrected chi connectivity index (χ4v) is 1.79. The molecule has 0 aliphatic carbocycles. The summed E-state index contributed by atoms with van der Waals surface area (Å²) >= 11 is 0. The van der Waals surface area contributed by atoms with E-state index in [1.54, 1.807) is 0 Å². The van der Waals surface area contributed by atoms with Gasteiger partial charge in [0.2, 0.25) is 5.91 Å². The SMILES string of the molecule is CCC(C)(C)NC(=O)COCCCNCc1ccccc1. The second kappa shape index (κ2) is 9.53. The van der Waals surface area contributed by atoms with E-state index in [9.17, 15) is 4.79 Å². The van der Waals surface area contributed by atoms with E-state index in [4.69, 9.17) is 4.74 Å². The van der Waals surface area contributed by atoms with Crippen LogP contribution in [0.15, 0.2) is 30.3 Å². The van der Waals surface area contributed by atoms with E-state index >= 15 is 0 Å². The van der Waals surface area contributed by atoms with Crippen molar-refractivity contribution in [3.63, 3.8) is 0 Å². The Morgan fingerprint density at radius 2 is 1.95 bits per heavy atom. The Morgan fingerprint density at radius 1 is 1.24 bits per heavy atom. The molecule has 1 aromatic rings. The summed E-state index contributed by atoms with van der Waals surface area (Å²) in [4.78, 5) is 11.6. The molecule has 1 aromatic carbocycles. The molecule has 0 aromatic heterocycles. The average molecular weight is 292 g/mol. The Morgan fingerprint density at radius 3 is 2.62 bits per heavy atom. The van der Waals surface area contributed by atoms with Crippen molar-refractivity contribution < 1.29 is 9.53 Å². The lowest BCUT2D eigenvalue weighted by Crippen LogP contribution is -2.44. The van der Waals surface area contributed by atoms with E-state index in [0.717, 1.165) is 25.9 Å². The van der Waals surface area contributed by atoms with Crippen molar-refractivity contribution in [1.29, 1.82) is 0 Å². The lowest BCUT2D eigenvalue weighted by molar-refractivity contribution is -0.127.